The number of phenols is 1. The Balaban J connectivity index is 1.76. The van der Waals surface area contributed by atoms with E-state index in [9.17, 15) is 5.11 Å². The normalized spacial score (nSPS) is 28.1. The number of hydrogen-bond donors (Lipinski definition) is 1. The van der Waals surface area contributed by atoms with Gasteiger partial charge in [0.1, 0.15) is 5.75 Å². The molecule has 0 amide bonds. The number of aromatic hydroxyl groups is 1. The van der Waals surface area contributed by atoms with Crippen LogP contribution in [0.3, 0.4) is 0 Å². The molecule has 1 N–H and O–H groups in total. The fourth-order valence-electron chi connectivity index (χ4n) is 3.83. The fraction of sp³-hybridized carbons (Fsp3) is 0.625. The summed E-state index contributed by atoms with van der Waals surface area (Å²) in [5.41, 5.74) is 1.06. The number of piperidine rings is 1. The van der Waals surface area contributed by atoms with E-state index in [1.165, 1.54) is 45.1 Å². The summed E-state index contributed by atoms with van der Waals surface area (Å²) in [7, 11) is 0. The summed E-state index contributed by atoms with van der Waals surface area (Å²) in [6, 6.07) is 6.72. The van der Waals surface area contributed by atoms with Crippen LogP contribution in [0.1, 0.15) is 44.1 Å². The molecule has 1 saturated carbocycles. The van der Waals surface area contributed by atoms with Gasteiger partial charge in [0.05, 0.1) is 4.47 Å². The molecule has 0 bridgehead atoms. The molecule has 104 valence electrons. The molecule has 1 aliphatic carbocycles. The van der Waals surface area contributed by atoms with Gasteiger partial charge < -0.3 is 5.11 Å². The topological polar surface area (TPSA) is 23.5 Å². The zero-order valence-corrected chi connectivity index (χ0v) is 12.9. The summed E-state index contributed by atoms with van der Waals surface area (Å²) in [6.45, 7) is 2.08. The molecule has 2 fully saturated rings. The molecule has 2 unspecified atom stereocenters. The summed E-state index contributed by atoms with van der Waals surface area (Å²) in [4.78, 5) is 2.61. The minimum Gasteiger partial charge on any atom is -0.506 e. The molecule has 2 aliphatic rings. The number of likely N-dealkylation sites (tertiary alicyclic amines) is 1. The summed E-state index contributed by atoms with van der Waals surface area (Å²) in [5, 5.41) is 10.2. The van der Waals surface area contributed by atoms with E-state index in [1.54, 1.807) is 0 Å². The summed E-state index contributed by atoms with van der Waals surface area (Å²) >= 11 is 3.41. The third-order valence-corrected chi connectivity index (χ3v) is 5.44. The largest absolute Gasteiger partial charge is 0.506 e. The maximum Gasteiger partial charge on any atom is 0.134 e. The van der Waals surface area contributed by atoms with E-state index in [2.05, 4.69) is 20.8 Å². The average Bonchev–Trinajstić information content (AvgIpc) is 2.44. The van der Waals surface area contributed by atoms with Gasteiger partial charge in [-0.1, -0.05) is 25.0 Å². The first-order valence-electron chi connectivity index (χ1n) is 7.46. The van der Waals surface area contributed by atoms with Crippen LogP contribution in [0.5, 0.6) is 5.75 Å². The molecule has 1 aromatic rings. The van der Waals surface area contributed by atoms with Crippen molar-refractivity contribution in [2.45, 2.75) is 51.1 Å². The monoisotopic (exact) mass is 323 g/mol. The number of phenolic OH excluding ortho intramolecular Hbond substituents is 1. The van der Waals surface area contributed by atoms with Crippen LogP contribution in [0.15, 0.2) is 22.7 Å². The molecule has 1 saturated heterocycles. The van der Waals surface area contributed by atoms with Crippen molar-refractivity contribution in [3.63, 3.8) is 0 Å². The van der Waals surface area contributed by atoms with E-state index in [-0.39, 0.29) is 0 Å². The Morgan fingerprint density at radius 3 is 2.84 bits per heavy atom. The summed E-state index contributed by atoms with van der Waals surface area (Å²) in [5.74, 6) is 1.32. The van der Waals surface area contributed by atoms with Gasteiger partial charge in [0, 0.05) is 18.2 Å². The Morgan fingerprint density at radius 2 is 1.95 bits per heavy atom. The number of para-hydroxylation sites is 1. The van der Waals surface area contributed by atoms with E-state index in [0.29, 0.717) is 5.75 Å². The van der Waals surface area contributed by atoms with Gasteiger partial charge in [0.15, 0.2) is 0 Å². The molecule has 0 spiro atoms. The Bertz CT molecular complexity index is 446. The van der Waals surface area contributed by atoms with Crippen LogP contribution < -0.4 is 0 Å². The van der Waals surface area contributed by atoms with Crippen molar-refractivity contribution >= 4 is 15.9 Å². The molecule has 2 nitrogen and oxygen atoms in total. The Hall–Kier alpha value is -0.540. The average molecular weight is 324 g/mol. The zero-order chi connectivity index (χ0) is 13.2. The zero-order valence-electron chi connectivity index (χ0n) is 11.3. The van der Waals surface area contributed by atoms with Gasteiger partial charge in [-0.15, -0.1) is 0 Å². The lowest BCUT2D eigenvalue weighted by Gasteiger charge is -2.44. The molecular formula is C16H22BrNO. The second-order valence-corrected chi connectivity index (χ2v) is 6.83. The Kier molecular flexibility index (Phi) is 4.13. The maximum atomic E-state index is 10.2. The van der Waals surface area contributed by atoms with Crippen molar-refractivity contribution in [2.24, 2.45) is 5.92 Å². The van der Waals surface area contributed by atoms with Crippen LogP contribution in [0, 0.1) is 5.92 Å². The van der Waals surface area contributed by atoms with Crippen LogP contribution in [0.4, 0.5) is 0 Å². The van der Waals surface area contributed by atoms with E-state index in [1.807, 2.05) is 18.2 Å². The van der Waals surface area contributed by atoms with Crippen molar-refractivity contribution in [3.05, 3.63) is 28.2 Å². The van der Waals surface area contributed by atoms with Crippen molar-refractivity contribution in [1.82, 2.24) is 4.90 Å². The molecule has 0 aromatic heterocycles. The summed E-state index contributed by atoms with van der Waals surface area (Å²) < 4.78 is 0.808. The fourth-order valence-corrected chi connectivity index (χ4v) is 4.24. The molecule has 0 radical (unpaired) electrons. The highest BCUT2D eigenvalue weighted by molar-refractivity contribution is 9.10. The number of halogens is 1. The number of benzene rings is 1. The molecule has 2 atom stereocenters. The van der Waals surface area contributed by atoms with E-state index in [0.717, 1.165) is 28.5 Å². The molecule has 3 rings (SSSR count). The SMILES string of the molecule is Oc1c(Br)cccc1CN1CCCC2CCCCC21. The third-order valence-electron chi connectivity index (χ3n) is 4.80. The van der Waals surface area contributed by atoms with Gasteiger partial charge >= 0.3 is 0 Å². The Labute approximate surface area is 123 Å². The van der Waals surface area contributed by atoms with Crippen LogP contribution in [0.2, 0.25) is 0 Å². The predicted molar refractivity (Wildman–Crippen MR) is 81.2 cm³/mol. The second-order valence-electron chi connectivity index (χ2n) is 5.97. The van der Waals surface area contributed by atoms with E-state index in [4.69, 9.17) is 0 Å². The smallest absolute Gasteiger partial charge is 0.134 e. The van der Waals surface area contributed by atoms with E-state index < -0.39 is 0 Å². The van der Waals surface area contributed by atoms with Gasteiger partial charge in [-0.05, 0) is 60.1 Å². The molecule has 1 aliphatic heterocycles. The number of hydrogen-bond acceptors (Lipinski definition) is 2. The molecule has 3 heteroatoms. The molecule has 1 aromatic carbocycles. The highest BCUT2D eigenvalue weighted by Crippen LogP contribution is 2.37. The first-order valence-corrected chi connectivity index (χ1v) is 8.25. The quantitative estimate of drug-likeness (QED) is 0.876. The first kappa shape index (κ1) is 13.4. The van der Waals surface area contributed by atoms with Crippen LogP contribution in [0.25, 0.3) is 0 Å². The van der Waals surface area contributed by atoms with Gasteiger partial charge in [0.2, 0.25) is 0 Å². The van der Waals surface area contributed by atoms with E-state index >= 15 is 0 Å². The number of rotatable bonds is 2. The van der Waals surface area contributed by atoms with Gasteiger partial charge in [-0.3, -0.25) is 4.90 Å². The lowest BCUT2D eigenvalue weighted by molar-refractivity contribution is 0.0541. The Morgan fingerprint density at radius 1 is 1.16 bits per heavy atom. The highest BCUT2D eigenvalue weighted by atomic mass is 79.9. The minimum atomic E-state index is 0.417. The third kappa shape index (κ3) is 2.82. The van der Waals surface area contributed by atoms with Crippen molar-refractivity contribution in [3.8, 4) is 5.75 Å². The summed E-state index contributed by atoms with van der Waals surface area (Å²) in [6.07, 6.45) is 8.27. The highest BCUT2D eigenvalue weighted by Gasteiger charge is 2.33. The minimum absolute atomic E-state index is 0.417. The first-order chi connectivity index (χ1) is 9.25. The van der Waals surface area contributed by atoms with Gasteiger partial charge in [-0.2, -0.15) is 0 Å². The molecular weight excluding hydrogens is 302 g/mol. The second kappa shape index (κ2) is 5.84. The van der Waals surface area contributed by atoms with Gasteiger partial charge in [0.25, 0.3) is 0 Å². The van der Waals surface area contributed by atoms with Gasteiger partial charge in [-0.25, -0.2) is 0 Å². The molecule has 1 heterocycles. The predicted octanol–water partition coefficient (Wildman–Crippen LogP) is 4.31. The van der Waals surface area contributed by atoms with Crippen LogP contribution >= 0.6 is 15.9 Å². The maximum absolute atomic E-state index is 10.2. The number of fused-ring (bicyclic) bond motifs is 1. The van der Waals surface area contributed by atoms with Crippen molar-refractivity contribution in [1.29, 1.82) is 0 Å². The lowest BCUT2D eigenvalue weighted by atomic mass is 9.78. The standard InChI is InChI=1S/C16H22BrNO/c17-14-8-3-6-13(16(14)19)11-18-10-4-7-12-5-1-2-9-15(12)18/h3,6,8,12,15,19H,1-2,4-5,7,9-11H2. The van der Waals surface area contributed by atoms with Crippen LogP contribution in [-0.4, -0.2) is 22.6 Å². The van der Waals surface area contributed by atoms with Crippen molar-refractivity contribution < 1.29 is 5.11 Å². The lowest BCUT2D eigenvalue weighted by Crippen LogP contribution is -2.46. The number of nitrogens with zero attached hydrogens (tertiary/aromatic N) is 1. The molecule has 19 heavy (non-hydrogen) atoms. The van der Waals surface area contributed by atoms with Crippen molar-refractivity contribution in [2.75, 3.05) is 6.54 Å². The van der Waals surface area contributed by atoms with Crippen LogP contribution in [-0.2, 0) is 6.54 Å².